The number of carbonyl (C=O) groups excluding carboxylic acids is 2. The first-order chi connectivity index (χ1) is 7.29. The third kappa shape index (κ3) is 1.69. The molecular formula is C8H4ClF3N2O2. The van der Waals surface area contributed by atoms with Crippen LogP contribution in [0.25, 0.3) is 0 Å². The quantitative estimate of drug-likeness (QED) is 0.768. The molecule has 8 heteroatoms. The number of amides is 2. The van der Waals surface area contributed by atoms with Gasteiger partial charge in [0.1, 0.15) is 5.56 Å². The molecule has 0 aliphatic carbocycles. The van der Waals surface area contributed by atoms with Gasteiger partial charge in [0, 0.05) is 0 Å². The summed E-state index contributed by atoms with van der Waals surface area (Å²) in [4.78, 5) is 21.3. The molecule has 4 nitrogen and oxygen atoms in total. The predicted octanol–water partition coefficient (Wildman–Crippen LogP) is 0.955. The number of primary amides is 2. The summed E-state index contributed by atoms with van der Waals surface area (Å²) < 4.78 is 39.6. The molecule has 0 fully saturated rings. The van der Waals surface area contributed by atoms with Crippen molar-refractivity contribution in [2.75, 3.05) is 0 Å². The van der Waals surface area contributed by atoms with Crippen LogP contribution in [0.3, 0.4) is 0 Å². The minimum absolute atomic E-state index is 1.08. The Hall–Kier alpha value is -1.76. The van der Waals surface area contributed by atoms with Gasteiger partial charge in [-0.1, -0.05) is 11.6 Å². The van der Waals surface area contributed by atoms with E-state index in [1.807, 2.05) is 0 Å². The summed E-state index contributed by atoms with van der Waals surface area (Å²) in [5.41, 5.74) is 6.77. The first kappa shape index (κ1) is 12.3. The molecule has 4 N–H and O–H groups in total. The normalized spacial score (nSPS) is 10.2. The second-order valence-corrected chi connectivity index (χ2v) is 3.11. The standard InChI is InChI=1S/C8H4ClF3N2O2/c9-3-1(7(13)15)5(11)6(12)2(4(3)10)8(14)16/h(H2,13,15)(H2,14,16). The highest BCUT2D eigenvalue weighted by Gasteiger charge is 2.29. The molecule has 0 atom stereocenters. The van der Waals surface area contributed by atoms with Crippen LogP contribution in [0.15, 0.2) is 0 Å². The number of hydrogen-bond donors (Lipinski definition) is 2. The lowest BCUT2D eigenvalue weighted by Gasteiger charge is -2.08. The lowest BCUT2D eigenvalue weighted by Crippen LogP contribution is -2.22. The molecular weight excluding hydrogens is 249 g/mol. The van der Waals surface area contributed by atoms with Gasteiger partial charge in [-0.2, -0.15) is 0 Å². The second kappa shape index (κ2) is 4.01. The van der Waals surface area contributed by atoms with Crippen LogP contribution in [-0.2, 0) is 0 Å². The summed E-state index contributed by atoms with van der Waals surface area (Å²) in [6.45, 7) is 0. The van der Waals surface area contributed by atoms with Gasteiger partial charge in [0.25, 0.3) is 11.8 Å². The van der Waals surface area contributed by atoms with E-state index in [2.05, 4.69) is 11.5 Å². The van der Waals surface area contributed by atoms with Crippen molar-refractivity contribution in [1.29, 1.82) is 0 Å². The Morgan fingerprint density at radius 1 is 0.875 bits per heavy atom. The molecule has 0 aromatic heterocycles. The minimum Gasteiger partial charge on any atom is -0.365 e. The number of rotatable bonds is 2. The molecule has 1 rings (SSSR count). The van der Waals surface area contributed by atoms with Gasteiger partial charge in [0.2, 0.25) is 0 Å². The van der Waals surface area contributed by atoms with Crippen molar-refractivity contribution in [1.82, 2.24) is 0 Å². The Balaban J connectivity index is 3.77. The van der Waals surface area contributed by atoms with Crippen molar-refractivity contribution >= 4 is 23.4 Å². The molecule has 0 radical (unpaired) electrons. The molecule has 1 aromatic carbocycles. The minimum atomic E-state index is -1.90. The summed E-state index contributed by atoms with van der Waals surface area (Å²) in [6, 6.07) is 0. The van der Waals surface area contributed by atoms with E-state index in [9.17, 15) is 22.8 Å². The van der Waals surface area contributed by atoms with Gasteiger partial charge in [-0.05, 0) is 0 Å². The van der Waals surface area contributed by atoms with Crippen LogP contribution in [0.2, 0.25) is 5.02 Å². The SMILES string of the molecule is NC(=O)c1c(F)c(F)c(C(N)=O)c(Cl)c1F. The van der Waals surface area contributed by atoms with E-state index in [-0.39, 0.29) is 0 Å². The monoisotopic (exact) mass is 252 g/mol. The van der Waals surface area contributed by atoms with Crippen LogP contribution in [0, 0.1) is 17.5 Å². The van der Waals surface area contributed by atoms with E-state index in [1.165, 1.54) is 0 Å². The molecule has 0 unspecified atom stereocenters. The molecule has 1 aromatic rings. The zero-order valence-electron chi connectivity index (χ0n) is 7.48. The topological polar surface area (TPSA) is 86.2 Å². The maximum absolute atomic E-state index is 13.3. The Kier molecular flexibility index (Phi) is 3.09. The molecule has 0 aliphatic rings. The summed E-state index contributed by atoms with van der Waals surface area (Å²) in [7, 11) is 0. The summed E-state index contributed by atoms with van der Waals surface area (Å²) in [5.74, 6) is -8.35. The number of benzene rings is 1. The average Bonchev–Trinajstić information content (AvgIpc) is 2.14. The van der Waals surface area contributed by atoms with Crippen molar-refractivity contribution in [3.05, 3.63) is 33.6 Å². The molecule has 0 saturated carbocycles. The molecule has 0 heterocycles. The highest BCUT2D eigenvalue weighted by atomic mass is 35.5. The molecule has 2 amide bonds. The number of nitrogens with two attached hydrogens (primary N) is 2. The van der Waals surface area contributed by atoms with E-state index in [4.69, 9.17) is 11.6 Å². The fraction of sp³-hybridized carbons (Fsp3) is 0. The largest absolute Gasteiger partial charge is 0.365 e. The number of hydrogen-bond acceptors (Lipinski definition) is 2. The third-order valence-electron chi connectivity index (χ3n) is 1.76. The fourth-order valence-electron chi connectivity index (χ4n) is 1.06. The van der Waals surface area contributed by atoms with Gasteiger partial charge >= 0.3 is 0 Å². The van der Waals surface area contributed by atoms with Crippen LogP contribution in [0.1, 0.15) is 20.7 Å². The average molecular weight is 253 g/mol. The van der Waals surface area contributed by atoms with Crippen molar-refractivity contribution in [2.45, 2.75) is 0 Å². The van der Waals surface area contributed by atoms with Gasteiger partial charge in [-0.3, -0.25) is 9.59 Å². The molecule has 0 bridgehead atoms. The van der Waals surface area contributed by atoms with E-state index in [0.717, 1.165) is 0 Å². The van der Waals surface area contributed by atoms with Crippen LogP contribution in [0.5, 0.6) is 0 Å². The third-order valence-corrected chi connectivity index (χ3v) is 2.11. The van der Waals surface area contributed by atoms with Crippen molar-refractivity contribution in [3.8, 4) is 0 Å². The van der Waals surface area contributed by atoms with Crippen LogP contribution >= 0.6 is 11.6 Å². The van der Waals surface area contributed by atoms with Crippen molar-refractivity contribution in [3.63, 3.8) is 0 Å². The van der Waals surface area contributed by atoms with Gasteiger partial charge in [-0.25, -0.2) is 13.2 Å². The number of carbonyl (C=O) groups is 2. The lowest BCUT2D eigenvalue weighted by molar-refractivity contribution is 0.0976. The highest BCUT2D eigenvalue weighted by molar-refractivity contribution is 6.34. The van der Waals surface area contributed by atoms with Gasteiger partial charge < -0.3 is 11.5 Å². The summed E-state index contributed by atoms with van der Waals surface area (Å²) >= 11 is 5.22. The van der Waals surface area contributed by atoms with Crippen molar-refractivity contribution < 1.29 is 22.8 Å². The Morgan fingerprint density at radius 3 is 1.62 bits per heavy atom. The first-order valence-corrected chi connectivity index (χ1v) is 4.12. The van der Waals surface area contributed by atoms with Crippen LogP contribution in [-0.4, -0.2) is 11.8 Å². The Labute approximate surface area is 92.0 Å². The fourth-order valence-corrected chi connectivity index (χ4v) is 1.33. The smallest absolute Gasteiger partial charge is 0.254 e. The van der Waals surface area contributed by atoms with Gasteiger partial charge in [0.05, 0.1) is 10.6 Å². The first-order valence-electron chi connectivity index (χ1n) is 3.74. The van der Waals surface area contributed by atoms with Crippen molar-refractivity contribution in [2.24, 2.45) is 11.5 Å². The van der Waals surface area contributed by atoms with Gasteiger partial charge in [-0.15, -0.1) is 0 Å². The zero-order valence-corrected chi connectivity index (χ0v) is 8.24. The van der Waals surface area contributed by atoms with E-state index < -0.39 is 45.4 Å². The zero-order chi connectivity index (χ0) is 12.6. The Morgan fingerprint density at radius 2 is 1.25 bits per heavy atom. The highest BCUT2D eigenvalue weighted by Crippen LogP contribution is 2.28. The predicted molar refractivity (Wildman–Crippen MR) is 48.4 cm³/mol. The van der Waals surface area contributed by atoms with E-state index >= 15 is 0 Å². The van der Waals surface area contributed by atoms with E-state index in [0.29, 0.717) is 0 Å². The maximum Gasteiger partial charge on any atom is 0.254 e. The maximum atomic E-state index is 13.3. The number of halogens is 4. The Bertz CT molecular complexity index is 431. The molecule has 0 spiro atoms. The summed E-state index contributed by atoms with van der Waals surface area (Å²) in [5, 5.41) is -1.08. The lowest BCUT2D eigenvalue weighted by atomic mass is 10.1. The van der Waals surface area contributed by atoms with E-state index in [1.54, 1.807) is 0 Å². The molecule has 86 valence electrons. The second-order valence-electron chi connectivity index (χ2n) is 2.73. The molecule has 0 saturated heterocycles. The van der Waals surface area contributed by atoms with Crippen LogP contribution < -0.4 is 11.5 Å². The van der Waals surface area contributed by atoms with Gasteiger partial charge in [0.15, 0.2) is 17.5 Å². The molecule has 16 heavy (non-hydrogen) atoms. The van der Waals surface area contributed by atoms with Crippen LogP contribution in [0.4, 0.5) is 13.2 Å². The molecule has 0 aliphatic heterocycles. The summed E-state index contributed by atoms with van der Waals surface area (Å²) in [6.07, 6.45) is 0.